The number of ether oxygens (including phenoxy) is 1. The van der Waals surface area contributed by atoms with Gasteiger partial charge in [0.2, 0.25) is 11.9 Å². The summed E-state index contributed by atoms with van der Waals surface area (Å²) in [5.74, 6) is 0.267. The van der Waals surface area contributed by atoms with E-state index >= 15 is 0 Å². The average molecular weight is 667 g/mol. The molecule has 1 aromatic carbocycles. The summed E-state index contributed by atoms with van der Waals surface area (Å²) in [6, 6.07) is 11.2. The molecule has 14 heteroatoms. The number of methoxy groups -OCH3 is 1. The Kier molecular flexibility index (Phi) is 11.5. The molecule has 1 N–H and O–H groups in total. The Bertz CT molecular complexity index is 1750. The summed E-state index contributed by atoms with van der Waals surface area (Å²) < 4.78 is 47.9. The number of carbonyl (C=O) groups is 1. The molecule has 48 heavy (non-hydrogen) atoms. The van der Waals surface area contributed by atoms with E-state index in [0.717, 1.165) is 57.1 Å². The number of fused-ring (bicyclic) bond motifs is 1. The van der Waals surface area contributed by atoms with E-state index in [-0.39, 0.29) is 35.3 Å². The predicted molar refractivity (Wildman–Crippen MR) is 179 cm³/mol. The number of carbonyl (C=O) groups excluding carboxylic acids is 1. The molecule has 0 unspecified atom stereocenters. The monoisotopic (exact) mass is 666 g/mol. The van der Waals surface area contributed by atoms with Crippen LogP contribution >= 0.6 is 0 Å². The van der Waals surface area contributed by atoms with Crippen molar-refractivity contribution in [2.45, 2.75) is 57.7 Å². The van der Waals surface area contributed by atoms with Gasteiger partial charge in [-0.2, -0.15) is 18.2 Å². The zero-order valence-corrected chi connectivity index (χ0v) is 27.1. The Balaban J connectivity index is 1.20. The topological polar surface area (TPSA) is 110 Å². The quantitative estimate of drug-likeness (QED) is 0.123. The molecule has 0 bridgehead atoms. The number of aromatic nitrogens is 5. The van der Waals surface area contributed by atoms with Crippen LogP contribution in [0.25, 0.3) is 16.9 Å². The van der Waals surface area contributed by atoms with Crippen molar-refractivity contribution in [3.8, 4) is 5.82 Å². The van der Waals surface area contributed by atoms with Crippen LogP contribution in [-0.2, 0) is 22.3 Å². The number of amides is 1. The van der Waals surface area contributed by atoms with Crippen LogP contribution < -0.4 is 15.8 Å². The lowest BCUT2D eigenvalue weighted by Crippen LogP contribution is -2.48. The van der Waals surface area contributed by atoms with E-state index in [0.29, 0.717) is 25.2 Å². The summed E-state index contributed by atoms with van der Waals surface area (Å²) in [7, 11) is 1.72. The van der Waals surface area contributed by atoms with Crippen molar-refractivity contribution in [2.24, 2.45) is 0 Å². The summed E-state index contributed by atoms with van der Waals surface area (Å²) >= 11 is 0. The number of halogens is 3. The number of piperazine rings is 1. The van der Waals surface area contributed by atoms with Gasteiger partial charge in [0.25, 0.3) is 5.56 Å². The number of alkyl halides is 3. The molecule has 4 heterocycles. The highest BCUT2D eigenvalue weighted by Gasteiger charge is 2.33. The molecule has 1 amide bonds. The number of unbranched alkanes of at least 4 members (excludes halogenated alkanes) is 5. The molecule has 1 fully saturated rings. The van der Waals surface area contributed by atoms with Crippen LogP contribution in [0, 0.1) is 0 Å². The minimum atomic E-state index is -4.66. The minimum Gasteiger partial charge on any atom is -0.385 e. The van der Waals surface area contributed by atoms with Crippen LogP contribution in [0.1, 0.15) is 50.6 Å². The fourth-order valence-corrected chi connectivity index (χ4v) is 5.79. The van der Waals surface area contributed by atoms with E-state index in [1.807, 2.05) is 29.2 Å². The maximum absolute atomic E-state index is 13.4. The third kappa shape index (κ3) is 8.40. The number of hydrogen-bond acceptors (Lipinski definition) is 8. The normalized spacial score (nSPS) is 13.7. The largest absolute Gasteiger partial charge is 0.433 e. The number of rotatable bonds is 15. The fraction of sp³-hybridized carbons (Fsp3) is 0.441. The molecule has 0 saturated carbocycles. The summed E-state index contributed by atoms with van der Waals surface area (Å²) in [5.41, 5.74) is 0.237. The van der Waals surface area contributed by atoms with Crippen molar-refractivity contribution in [1.82, 2.24) is 29.2 Å². The van der Waals surface area contributed by atoms with Crippen LogP contribution in [0.2, 0.25) is 0 Å². The standard InChI is InChI=1S/C34H41F3N8O3/c1-3-18-44-32(47)27-24-38-33(41-31(27)45(44)29-12-10-11-28(40-29)34(35,36)37)39-25-14-16-26(17-15-25)42-19-21-43(22-20-42)30(46)13-8-6-4-5-7-9-23-48-2/h3,10-12,14-17,24H,1,4-9,13,18-23H2,2H3,(H,38,39,41). The number of anilines is 3. The molecule has 1 aliphatic heterocycles. The van der Waals surface area contributed by atoms with Crippen LogP contribution in [0.4, 0.5) is 30.5 Å². The maximum atomic E-state index is 13.4. The lowest BCUT2D eigenvalue weighted by molar-refractivity contribution is -0.141. The van der Waals surface area contributed by atoms with E-state index in [4.69, 9.17) is 4.74 Å². The van der Waals surface area contributed by atoms with Crippen LogP contribution in [0.15, 0.2) is 66.1 Å². The van der Waals surface area contributed by atoms with Crippen molar-refractivity contribution < 1.29 is 22.7 Å². The molecule has 0 radical (unpaired) electrons. The Labute approximate surface area is 277 Å². The van der Waals surface area contributed by atoms with Gasteiger partial charge >= 0.3 is 6.18 Å². The zero-order valence-electron chi connectivity index (χ0n) is 27.1. The van der Waals surface area contributed by atoms with Crippen molar-refractivity contribution in [3.63, 3.8) is 0 Å². The SMILES string of the molecule is C=CCn1c(=O)c2cnc(Nc3ccc(N4CCN(C(=O)CCCCCCCCOC)CC4)cc3)nc2n1-c1cccc(C(F)(F)F)n1. The number of hydrogen-bond donors (Lipinski definition) is 1. The highest BCUT2D eigenvalue weighted by molar-refractivity contribution is 5.77. The Morgan fingerprint density at radius 3 is 2.38 bits per heavy atom. The number of nitrogens with zero attached hydrogens (tertiary/aromatic N) is 7. The van der Waals surface area contributed by atoms with Gasteiger partial charge in [-0.3, -0.25) is 9.59 Å². The number of benzene rings is 1. The van der Waals surface area contributed by atoms with E-state index in [2.05, 4.69) is 31.7 Å². The summed E-state index contributed by atoms with van der Waals surface area (Å²) in [6.45, 7) is 7.33. The molecular weight excluding hydrogens is 625 g/mol. The molecule has 4 aromatic rings. The van der Waals surface area contributed by atoms with E-state index in [1.54, 1.807) is 7.11 Å². The lowest BCUT2D eigenvalue weighted by Gasteiger charge is -2.36. The van der Waals surface area contributed by atoms with Gasteiger partial charge in [-0.25, -0.2) is 19.3 Å². The second-order valence-electron chi connectivity index (χ2n) is 11.7. The molecule has 1 aliphatic rings. The van der Waals surface area contributed by atoms with E-state index in [9.17, 15) is 22.8 Å². The molecule has 256 valence electrons. The van der Waals surface area contributed by atoms with Crippen molar-refractivity contribution >= 4 is 34.3 Å². The third-order valence-corrected chi connectivity index (χ3v) is 8.33. The summed E-state index contributed by atoms with van der Waals surface area (Å²) in [6.07, 6.45) is 5.33. The molecular formula is C34H41F3N8O3. The first-order valence-electron chi connectivity index (χ1n) is 16.2. The lowest BCUT2D eigenvalue weighted by atomic mass is 10.1. The van der Waals surface area contributed by atoms with Gasteiger partial charge in [0.15, 0.2) is 11.5 Å². The second-order valence-corrected chi connectivity index (χ2v) is 11.7. The van der Waals surface area contributed by atoms with Crippen LogP contribution in [-0.4, -0.2) is 75.0 Å². The first-order chi connectivity index (χ1) is 23.2. The Morgan fingerprint density at radius 1 is 0.979 bits per heavy atom. The van der Waals surface area contributed by atoms with Crippen molar-refractivity contribution in [3.05, 3.63) is 77.4 Å². The fourth-order valence-electron chi connectivity index (χ4n) is 5.79. The van der Waals surface area contributed by atoms with E-state index in [1.165, 1.54) is 46.6 Å². The minimum absolute atomic E-state index is 0.0236. The Hall–Kier alpha value is -4.72. The number of pyridine rings is 1. The molecule has 0 atom stereocenters. The van der Waals surface area contributed by atoms with Gasteiger partial charge in [0, 0.05) is 63.9 Å². The number of allylic oxidation sites excluding steroid dienone is 1. The van der Waals surface area contributed by atoms with Gasteiger partial charge < -0.3 is 19.9 Å². The molecule has 11 nitrogen and oxygen atoms in total. The molecule has 3 aromatic heterocycles. The summed E-state index contributed by atoms with van der Waals surface area (Å²) in [4.78, 5) is 42.6. The average Bonchev–Trinajstić information content (AvgIpc) is 3.36. The molecule has 1 saturated heterocycles. The second kappa shape index (κ2) is 15.9. The smallest absolute Gasteiger partial charge is 0.385 e. The van der Waals surface area contributed by atoms with Gasteiger partial charge in [0.05, 0.1) is 6.54 Å². The predicted octanol–water partition coefficient (Wildman–Crippen LogP) is 5.95. The first kappa shape index (κ1) is 34.6. The van der Waals surface area contributed by atoms with E-state index < -0.39 is 17.4 Å². The zero-order chi connectivity index (χ0) is 34.1. The molecule has 5 rings (SSSR count). The van der Waals surface area contributed by atoms with Gasteiger partial charge in [0.1, 0.15) is 11.1 Å². The van der Waals surface area contributed by atoms with Crippen molar-refractivity contribution in [2.75, 3.05) is 50.1 Å². The summed E-state index contributed by atoms with van der Waals surface area (Å²) in [5, 5.41) is 3.25. The van der Waals surface area contributed by atoms with Crippen LogP contribution in [0.5, 0.6) is 0 Å². The van der Waals surface area contributed by atoms with Gasteiger partial charge in [-0.05, 0) is 49.2 Å². The number of nitrogens with one attached hydrogen (secondary N) is 1. The molecule has 0 aliphatic carbocycles. The maximum Gasteiger partial charge on any atom is 0.433 e. The Morgan fingerprint density at radius 2 is 1.69 bits per heavy atom. The highest BCUT2D eigenvalue weighted by Crippen LogP contribution is 2.29. The first-order valence-corrected chi connectivity index (χ1v) is 16.2. The van der Waals surface area contributed by atoms with Crippen molar-refractivity contribution in [1.29, 1.82) is 0 Å². The third-order valence-electron chi connectivity index (χ3n) is 8.33. The van der Waals surface area contributed by atoms with Crippen LogP contribution in [0.3, 0.4) is 0 Å². The molecule has 0 spiro atoms. The van der Waals surface area contributed by atoms with Gasteiger partial charge in [-0.15, -0.1) is 6.58 Å². The highest BCUT2D eigenvalue weighted by atomic mass is 19.4. The van der Waals surface area contributed by atoms with Gasteiger partial charge in [-0.1, -0.05) is 37.8 Å².